The highest BCUT2D eigenvalue weighted by atomic mass is 35.5. The first kappa shape index (κ1) is 17.2. The van der Waals surface area contributed by atoms with Crippen LogP contribution in [0.4, 0.5) is 5.69 Å². The van der Waals surface area contributed by atoms with Gasteiger partial charge >= 0.3 is 0 Å². The van der Waals surface area contributed by atoms with Crippen molar-refractivity contribution in [3.05, 3.63) is 89.2 Å². The number of para-hydroxylation sites is 1. The molecule has 132 valence electrons. The molecule has 0 unspecified atom stereocenters. The van der Waals surface area contributed by atoms with Gasteiger partial charge in [0, 0.05) is 17.1 Å². The van der Waals surface area contributed by atoms with Crippen LogP contribution in [0, 0.1) is 6.92 Å². The molecule has 27 heavy (non-hydrogen) atoms. The van der Waals surface area contributed by atoms with Crippen LogP contribution in [-0.4, -0.2) is 15.9 Å². The smallest absolute Gasteiger partial charge is 0.256 e. The molecule has 0 saturated heterocycles. The van der Waals surface area contributed by atoms with Crippen molar-refractivity contribution in [3.63, 3.8) is 0 Å². The predicted octanol–water partition coefficient (Wildman–Crippen LogP) is 5.51. The molecule has 0 atom stereocenters. The van der Waals surface area contributed by atoms with Gasteiger partial charge in [0.25, 0.3) is 5.91 Å². The van der Waals surface area contributed by atoms with E-state index in [4.69, 9.17) is 16.6 Å². The second kappa shape index (κ2) is 7.17. The third-order valence-electron chi connectivity index (χ3n) is 4.39. The fourth-order valence-electron chi connectivity index (χ4n) is 3.03. The number of pyridine rings is 2. The Balaban J connectivity index is 1.85. The number of hydrogen-bond donors (Lipinski definition) is 1. The summed E-state index contributed by atoms with van der Waals surface area (Å²) in [7, 11) is 0. The molecule has 1 N–H and O–H groups in total. The van der Waals surface area contributed by atoms with E-state index >= 15 is 0 Å². The highest BCUT2D eigenvalue weighted by Crippen LogP contribution is 2.28. The molecule has 5 heteroatoms. The maximum Gasteiger partial charge on any atom is 0.256 e. The van der Waals surface area contributed by atoms with Crippen molar-refractivity contribution in [2.75, 3.05) is 5.32 Å². The van der Waals surface area contributed by atoms with Gasteiger partial charge in [-0.2, -0.15) is 0 Å². The minimum absolute atomic E-state index is 0.252. The summed E-state index contributed by atoms with van der Waals surface area (Å²) in [5.41, 5.74) is 4.63. The number of carbonyl (C=O) groups is 1. The number of anilines is 1. The van der Waals surface area contributed by atoms with E-state index in [9.17, 15) is 4.79 Å². The van der Waals surface area contributed by atoms with Crippen LogP contribution in [-0.2, 0) is 0 Å². The van der Waals surface area contributed by atoms with Crippen molar-refractivity contribution < 1.29 is 4.79 Å². The Morgan fingerprint density at radius 1 is 1.00 bits per heavy atom. The van der Waals surface area contributed by atoms with Crippen LogP contribution in [0.2, 0.25) is 5.15 Å². The summed E-state index contributed by atoms with van der Waals surface area (Å²) in [5.74, 6) is -0.252. The fourth-order valence-corrected chi connectivity index (χ4v) is 3.20. The summed E-state index contributed by atoms with van der Waals surface area (Å²) in [4.78, 5) is 21.8. The molecule has 2 heterocycles. The zero-order chi connectivity index (χ0) is 18.8. The van der Waals surface area contributed by atoms with Gasteiger partial charge in [-0.3, -0.25) is 4.79 Å². The lowest BCUT2D eigenvalue weighted by Gasteiger charge is -2.12. The molecule has 4 rings (SSSR count). The van der Waals surface area contributed by atoms with Crippen molar-refractivity contribution in [2.24, 2.45) is 0 Å². The molecule has 4 aromatic rings. The molecule has 0 aliphatic heterocycles. The summed E-state index contributed by atoms with van der Waals surface area (Å²) in [6.07, 6.45) is 1.58. The molecule has 0 radical (unpaired) electrons. The lowest BCUT2D eigenvalue weighted by Crippen LogP contribution is -2.13. The number of benzene rings is 2. The highest BCUT2D eigenvalue weighted by molar-refractivity contribution is 6.32. The first-order chi connectivity index (χ1) is 13.1. The first-order valence-corrected chi connectivity index (χ1v) is 8.89. The monoisotopic (exact) mass is 373 g/mol. The SMILES string of the molecule is Cc1ccccc1-c1cc(C(=O)Nc2cccnc2Cl)c2ccccc2n1. The molecule has 1 amide bonds. The van der Waals surface area contributed by atoms with E-state index in [2.05, 4.69) is 10.3 Å². The van der Waals surface area contributed by atoms with E-state index in [1.807, 2.05) is 61.5 Å². The van der Waals surface area contributed by atoms with Gasteiger partial charge in [0.1, 0.15) is 0 Å². The molecule has 0 saturated carbocycles. The average molecular weight is 374 g/mol. The zero-order valence-corrected chi connectivity index (χ0v) is 15.4. The van der Waals surface area contributed by atoms with Gasteiger partial charge in [0.2, 0.25) is 0 Å². The third-order valence-corrected chi connectivity index (χ3v) is 4.69. The average Bonchev–Trinajstić information content (AvgIpc) is 2.69. The third kappa shape index (κ3) is 3.39. The molecular weight excluding hydrogens is 358 g/mol. The highest BCUT2D eigenvalue weighted by Gasteiger charge is 2.16. The van der Waals surface area contributed by atoms with Crippen molar-refractivity contribution in [2.45, 2.75) is 6.92 Å². The quantitative estimate of drug-likeness (QED) is 0.481. The zero-order valence-electron chi connectivity index (χ0n) is 14.6. The van der Waals surface area contributed by atoms with Gasteiger partial charge in [0.15, 0.2) is 5.15 Å². The van der Waals surface area contributed by atoms with Crippen LogP contribution in [0.15, 0.2) is 72.9 Å². The van der Waals surface area contributed by atoms with Crippen LogP contribution < -0.4 is 5.32 Å². The number of aromatic nitrogens is 2. The summed E-state index contributed by atoms with van der Waals surface area (Å²) >= 11 is 6.08. The Hall–Kier alpha value is -3.24. The summed E-state index contributed by atoms with van der Waals surface area (Å²) in [6.45, 7) is 2.03. The number of fused-ring (bicyclic) bond motifs is 1. The summed E-state index contributed by atoms with van der Waals surface area (Å²) < 4.78 is 0. The maximum absolute atomic E-state index is 13.0. The number of aryl methyl sites for hydroxylation is 1. The van der Waals surface area contributed by atoms with Crippen LogP contribution in [0.5, 0.6) is 0 Å². The minimum atomic E-state index is -0.252. The van der Waals surface area contributed by atoms with Crippen molar-refractivity contribution >= 4 is 34.1 Å². The van der Waals surface area contributed by atoms with E-state index in [-0.39, 0.29) is 11.1 Å². The Morgan fingerprint density at radius 3 is 2.59 bits per heavy atom. The molecule has 0 bridgehead atoms. The minimum Gasteiger partial charge on any atom is -0.319 e. The van der Waals surface area contributed by atoms with E-state index in [0.717, 1.165) is 27.7 Å². The second-order valence-electron chi connectivity index (χ2n) is 6.18. The van der Waals surface area contributed by atoms with Gasteiger partial charge in [-0.15, -0.1) is 0 Å². The van der Waals surface area contributed by atoms with E-state index < -0.39 is 0 Å². The molecule has 4 nitrogen and oxygen atoms in total. The van der Waals surface area contributed by atoms with Crippen molar-refractivity contribution in [3.8, 4) is 11.3 Å². The van der Waals surface area contributed by atoms with Gasteiger partial charge in [-0.25, -0.2) is 9.97 Å². The fraction of sp³-hybridized carbons (Fsp3) is 0.0455. The second-order valence-corrected chi connectivity index (χ2v) is 6.54. The van der Waals surface area contributed by atoms with Crippen molar-refractivity contribution in [1.82, 2.24) is 9.97 Å². The topological polar surface area (TPSA) is 54.9 Å². The van der Waals surface area contributed by atoms with Crippen LogP contribution in [0.25, 0.3) is 22.2 Å². The van der Waals surface area contributed by atoms with Crippen LogP contribution in [0.3, 0.4) is 0 Å². The molecule has 0 aliphatic rings. The Bertz CT molecular complexity index is 1160. The Morgan fingerprint density at radius 2 is 1.78 bits per heavy atom. The predicted molar refractivity (Wildman–Crippen MR) is 109 cm³/mol. The Labute approximate surface area is 161 Å². The molecule has 2 aromatic carbocycles. The van der Waals surface area contributed by atoms with Gasteiger partial charge in [-0.05, 0) is 36.8 Å². The van der Waals surface area contributed by atoms with Gasteiger partial charge < -0.3 is 5.32 Å². The van der Waals surface area contributed by atoms with E-state index in [1.165, 1.54) is 0 Å². The first-order valence-electron chi connectivity index (χ1n) is 8.51. The molecule has 0 aliphatic carbocycles. The van der Waals surface area contributed by atoms with Gasteiger partial charge in [-0.1, -0.05) is 54.1 Å². The number of nitrogens with one attached hydrogen (secondary N) is 1. The van der Waals surface area contributed by atoms with Crippen LogP contribution in [0.1, 0.15) is 15.9 Å². The van der Waals surface area contributed by atoms with Crippen molar-refractivity contribution in [1.29, 1.82) is 0 Å². The van der Waals surface area contributed by atoms with E-state index in [0.29, 0.717) is 11.3 Å². The molecular formula is C22H16ClN3O. The molecule has 0 spiro atoms. The number of nitrogens with zero attached hydrogens (tertiary/aromatic N) is 2. The number of rotatable bonds is 3. The standard InChI is InChI=1S/C22H16ClN3O/c1-14-7-2-3-8-15(14)20-13-17(16-9-4-5-10-18(16)25-20)22(27)26-19-11-6-12-24-21(19)23/h2-13H,1H3,(H,26,27). The van der Waals surface area contributed by atoms with Gasteiger partial charge in [0.05, 0.1) is 22.5 Å². The number of carbonyl (C=O) groups excluding carboxylic acids is 1. The normalized spacial score (nSPS) is 10.7. The lowest BCUT2D eigenvalue weighted by molar-refractivity contribution is 0.102. The number of amides is 1. The lowest BCUT2D eigenvalue weighted by atomic mass is 10.0. The largest absolute Gasteiger partial charge is 0.319 e. The Kier molecular flexibility index (Phi) is 4.57. The number of halogens is 1. The summed E-state index contributed by atoms with van der Waals surface area (Å²) in [6, 6.07) is 20.9. The van der Waals surface area contributed by atoms with E-state index in [1.54, 1.807) is 18.3 Å². The van der Waals surface area contributed by atoms with Crippen LogP contribution >= 0.6 is 11.6 Å². The summed E-state index contributed by atoms with van der Waals surface area (Å²) in [5, 5.41) is 3.89. The number of hydrogen-bond acceptors (Lipinski definition) is 3. The molecule has 2 aromatic heterocycles. The maximum atomic E-state index is 13.0. The molecule has 0 fully saturated rings.